The number of ketones is 1. The molecule has 20 heavy (non-hydrogen) atoms. The number of fused-ring (bicyclic) bond motifs is 3. The number of hydrogen-bond acceptors (Lipinski definition) is 5. The van der Waals surface area contributed by atoms with Crippen LogP contribution in [-0.4, -0.2) is 18.5 Å². The highest BCUT2D eigenvalue weighted by Gasteiger charge is 2.35. The van der Waals surface area contributed by atoms with Crippen molar-refractivity contribution in [3.63, 3.8) is 0 Å². The summed E-state index contributed by atoms with van der Waals surface area (Å²) in [7, 11) is 1.52. The smallest absolute Gasteiger partial charge is 0.336 e. The number of carbonyl (C=O) groups excluding carboxylic acids is 1. The van der Waals surface area contributed by atoms with Gasteiger partial charge in [-0.2, -0.15) is 0 Å². The lowest BCUT2D eigenvalue weighted by Gasteiger charge is -2.31. The van der Waals surface area contributed by atoms with Gasteiger partial charge in [0.2, 0.25) is 0 Å². The molecule has 5 heteroatoms. The number of Topliss-reactive ketones (excluding diaryl/α,β-unsaturated/α-hetero) is 1. The predicted molar refractivity (Wildman–Crippen MR) is 72.7 cm³/mol. The Morgan fingerprint density at radius 3 is 2.70 bits per heavy atom. The van der Waals surface area contributed by atoms with Gasteiger partial charge >= 0.3 is 5.63 Å². The van der Waals surface area contributed by atoms with Crippen molar-refractivity contribution in [2.45, 2.75) is 25.9 Å². The SMILES string of the molecule is COc1cc2c(c3oc(=O)ccc13)C(=O)CC(C)(C)O2. The minimum Gasteiger partial charge on any atom is -0.496 e. The summed E-state index contributed by atoms with van der Waals surface area (Å²) >= 11 is 0. The largest absolute Gasteiger partial charge is 0.496 e. The second kappa shape index (κ2) is 4.10. The molecule has 1 aromatic carbocycles. The summed E-state index contributed by atoms with van der Waals surface area (Å²) in [5, 5.41) is 0.586. The molecule has 0 saturated carbocycles. The molecule has 1 aromatic heterocycles. The predicted octanol–water partition coefficient (Wildman–Crippen LogP) is 2.55. The zero-order valence-corrected chi connectivity index (χ0v) is 11.5. The van der Waals surface area contributed by atoms with Gasteiger partial charge in [0, 0.05) is 12.1 Å². The molecule has 5 nitrogen and oxygen atoms in total. The second-order valence-corrected chi connectivity index (χ2v) is 5.41. The van der Waals surface area contributed by atoms with E-state index in [-0.39, 0.29) is 17.8 Å². The third kappa shape index (κ3) is 1.86. The molecule has 2 aromatic rings. The normalized spacial score (nSPS) is 16.6. The third-order valence-electron chi connectivity index (χ3n) is 3.31. The molecule has 0 bridgehead atoms. The first-order chi connectivity index (χ1) is 9.41. The minimum absolute atomic E-state index is 0.0988. The number of carbonyl (C=O) groups is 1. The lowest BCUT2D eigenvalue weighted by atomic mass is 9.92. The summed E-state index contributed by atoms with van der Waals surface area (Å²) in [5.41, 5.74) is -0.548. The Kier molecular flexibility index (Phi) is 2.61. The fraction of sp³-hybridized carbons (Fsp3) is 0.333. The minimum atomic E-state index is -0.585. The summed E-state index contributed by atoms with van der Waals surface area (Å²) in [6, 6.07) is 4.55. The van der Waals surface area contributed by atoms with Crippen molar-refractivity contribution in [1.82, 2.24) is 0 Å². The lowest BCUT2D eigenvalue weighted by Crippen LogP contribution is -2.36. The second-order valence-electron chi connectivity index (χ2n) is 5.41. The summed E-state index contributed by atoms with van der Waals surface area (Å²) in [6.07, 6.45) is 0.236. The molecule has 0 N–H and O–H groups in total. The van der Waals surface area contributed by atoms with Crippen LogP contribution >= 0.6 is 0 Å². The van der Waals surface area contributed by atoms with Crippen molar-refractivity contribution in [1.29, 1.82) is 0 Å². The van der Waals surface area contributed by atoms with Crippen molar-refractivity contribution in [2.24, 2.45) is 0 Å². The van der Waals surface area contributed by atoms with Crippen molar-refractivity contribution >= 4 is 16.8 Å². The lowest BCUT2D eigenvalue weighted by molar-refractivity contribution is 0.0620. The zero-order valence-electron chi connectivity index (χ0n) is 11.5. The topological polar surface area (TPSA) is 65.7 Å². The van der Waals surface area contributed by atoms with Crippen LogP contribution in [0.15, 0.2) is 27.4 Å². The average Bonchev–Trinajstić information content (AvgIpc) is 2.35. The molecule has 2 heterocycles. The number of methoxy groups -OCH3 is 1. The van der Waals surface area contributed by atoms with E-state index in [0.29, 0.717) is 22.4 Å². The van der Waals surface area contributed by atoms with Crippen molar-refractivity contribution in [3.05, 3.63) is 34.2 Å². The molecule has 0 fully saturated rings. The molecule has 0 atom stereocenters. The molecule has 0 radical (unpaired) electrons. The van der Waals surface area contributed by atoms with Crippen LogP contribution in [0.5, 0.6) is 11.5 Å². The van der Waals surface area contributed by atoms with Crippen LogP contribution in [0.2, 0.25) is 0 Å². The van der Waals surface area contributed by atoms with Crippen LogP contribution in [0.25, 0.3) is 11.0 Å². The van der Waals surface area contributed by atoms with Gasteiger partial charge in [0.15, 0.2) is 11.4 Å². The molecular weight excluding hydrogens is 260 g/mol. The van der Waals surface area contributed by atoms with Gasteiger partial charge in [0.05, 0.1) is 18.9 Å². The molecule has 3 rings (SSSR count). The van der Waals surface area contributed by atoms with Crippen LogP contribution in [0.4, 0.5) is 0 Å². The van der Waals surface area contributed by atoms with Gasteiger partial charge in [0.25, 0.3) is 0 Å². The van der Waals surface area contributed by atoms with Crippen molar-refractivity contribution in [2.75, 3.05) is 7.11 Å². The van der Waals surface area contributed by atoms with E-state index in [4.69, 9.17) is 13.9 Å². The van der Waals surface area contributed by atoms with E-state index >= 15 is 0 Å². The van der Waals surface area contributed by atoms with Gasteiger partial charge in [-0.3, -0.25) is 4.79 Å². The Labute approximate surface area is 115 Å². The highest BCUT2D eigenvalue weighted by Crippen LogP contribution is 2.41. The van der Waals surface area contributed by atoms with Crippen LogP contribution in [-0.2, 0) is 0 Å². The van der Waals surface area contributed by atoms with Gasteiger partial charge in [-0.05, 0) is 19.9 Å². The molecule has 0 amide bonds. The first kappa shape index (κ1) is 12.7. The van der Waals surface area contributed by atoms with E-state index in [2.05, 4.69) is 0 Å². The number of hydrogen-bond donors (Lipinski definition) is 0. The Balaban J connectivity index is 2.40. The first-order valence-electron chi connectivity index (χ1n) is 6.28. The summed E-state index contributed by atoms with van der Waals surface area (Å²) in [4.78, 5) is 23.8. The summed E-state index contributed by atoms with van der Waals surface area (Å²) in [5.74, 6) is 0.802. The quantitative estimate of drug-likeness (QED) is 0.748. The van der Waals surface area contributed by atoms with E-state index < -0.39 is 11.2 Å². The molecule has 1 aliphatic rings. The Morgan fingerprint density at radius 2 is 2.00 bits per heavy atom. The fourth-order valence-corrected chi connectivity index (χ4v) is 2.50. The molecular formula is C15H14O5. The monoisotopic (exact) mass is 274 g/mol. The van der Waals surface area contributed by atoms with E-state index in [1.54, 1.807) is 12.1 Å². The molecule has 0 aliphatic carbocycles. The Hall–Kier alpha value is -2.30. The van der Waals surface area contributed by atoms with E-state index in [9.17, 15) is 9.59 Å². The van der Waals surface area contributed by atoms with Gasteiger partial charge in [-0.25, -0.2) is 4.79 Å². The highest BCUT2D eigenvalue weighted by atomic mass is 16.5. The Morgan fingerprint density at radius 1 is 1.25 bits per heavy atom. The van der Waals surface area contributed by atoms with Crippen molar-refractivity contribution < 1.29 is 18.7 Å². The van der Waals surface area contributed by atoms with Crippen LogP contribution in [0, 0.1) is 0 Å². The number of rotatable bonds is 1. The van der Waals surface area contributed by atoms with Gasteiger partial charge in [-0.15, -0.1) is 0 Å². The van der Waals surface area contributed by atoms with E-state index in [1.807, 2.05) is 13.8 Å². The van der Waals surface area contributed by atoms with Crippen LogP contribution in [0.1, 0.15) is 30.6 Å². The highest BCUT2D eigenvalue weighted by molar-refractivity contribution is 6.10. The third-order valence-corrected chi connectivity index (χ3v) is 3.31. The van der Waals surface area contributed by atoms with Crippen LogP contribution < -0.4 is 15.1 Å². The molecule has 0 unspecified atom stereocenters. The molecule has 104 valence electrons. The van der Waals surface area contributed by atoms with E-state index in [1.165, 1.54) is 13.2 Å². The number of ether oxygens (including phenoxy) is 2. The van der Waals surface area contributed by atoms with Gasteiger partial charge < -0.3 is 13.9 Å². The maximum absolute atomic E-state index is 12.3. The maximum Gasteiger partial charge on any atom is 0.336 e. The van der Waals surface area contributed by atoms with Gasteiger partial charge in [-0.1, -0.05) is 0 Å². The van der Waals surface area contributed by atoms with Crippen molar-refractivity contribution in [3.8, 4) is 11.5 Å². The molecule has 0 saturated heterocycles. The molecule has 0 spiro atoms. The van der Waals surface area contributed by atoms with E-state index in [0.717, 1.165) is 0 Å². The summed E-state index contributed by atoms with van der Waals surface area (Å²) < 4.78 is 16.3. The fourth-order valence-electron chi connectivity index (χ4n) is 2.50. The average molecular weight is 274 g/mol. The standard InChI is InChI=1S/C15H14O5/c1-15(2)7-9(16)13-11(20-15)6-10(18-3)8-4-5-12(17)19-14(8)13/h4-6H,7H2,1-3H3. The van der Waals surface area contributed by atoms with Crippen LogP contribution in [0.3, 0.4) is 0 Å². The Bertz CT molecular complexity index is 770. The van der Waals surface area contributed by atoms with Gasteiger partial charge in [0.1, 0.15) is 22.7 Å². The maximum atomic E-state index is 12.3. The summed E-state index contributed by atoms with van der Waals surface area (Å²) in [6.45, 7) is 3.68. The first-order valence-corrected chi connectivity index (χ1v) is 6.28. The number of benzene rings is 1. The zero-order chi connectivity index (χ0) is 14.5. The molecule has 1 aliphatic heterocycles.